The predicted octanol–water partition coefficient (Wildman–Crippen LogP) is 6.82. The summed E-state index contributed by atoms with van der Waals surface area (Å²) in [5.41, 5.74) is 0. The molecule has 0 fully saturated rings. The molecule has 0 saturated heterocycles. The fraction of sp³-hybridized carbons (Fsp3) is 0.100. The second-order valence-corrected chi connectivity index (χ2v) is 3.55. The normalized spacial score (nSPS) is 7.18. The third-order valence-electron chi connectivity index (χ3n) is 2.61. The van der Waals surface area contributed by atoms with Gasteiger partial charge in [0.25, 0.3) is 0 Å². The molecule has 0 spiro atoms. The van der Waals surface area contributed by atoms with Crippen molar-refractivity contribution in [3.63, 3.8) is 0 Å². The first-order valence-electron chi connectivity index (χ1n) is 5.81. The van der Waals surface area contributed by atoms with E-state index in [9.17, 15) is 0 Å². The van der Waals surface area contributed by atoms with Crippen molar-refractivity contribution in [1.29, 1.82) is 0 Å². The summed E-state index contributed by atoms with van der Waals surface area (Å²) >= 11 is 0. The van der Waals surface area contributed by atoms with Crippen molar-refractivity contribution in [1.82, 2.24) is 0 Å². The van der Waals surface area contributed by atoms with E-state index >= 15 is 0 Å². The molecule has 0 aliphatic rings. The van der Waals surface area contributed by atoms with Crippen LogP contribution in [0.15, 0.2) is 60.7 Å². The Balaban J connectivity index is -0.000000116. The average molecular weight is 636 g/mol. The van der Waals surface area contributed by atoms with Crippen molar-refractivity contribution in [2.24, 2.45) is 0 Å². The van der Waals surface area contributed by atoms with E-state index < -0.39 is 0 Å². The van der Waals surface area contributed by atoms with Crippen LogP contribution in [-0.4, -0.2) is 0 Å². The monoisotopic (exact) mass is 636 g/mol. The first kappa shape index (κ1) is 33.2. The molecule has 0 aliphatic heterocycles. The van der Waals surface area contributed by atoms with Crippen molar-refractivity contribution < 1.29 is 42.1 Å². The molecule has 3 aromatic rings. The maximum Gasteiger partial charge on any atom is 2.00 e. The van der Waals surface area contributed by atoms with E-state index in [1.165, 1.54) is 21.5 Å². The zero-order valence-electron chi connectivity index (χ0n) is 14.6. The Kier molecular flexibility index (Phi) is 25.6. The zero-order valence-corrected chi connectivity index (χ0v) is 20.5. The Hall–Kier alpha value is -0.443. The SMILES string of the molecule is CC.[CH3-].[CH3-].[CH3-].[CH3-].[W+2].[W+2].c1ccc2cc3ccccc3cc2c1. The Morgan fingerprint density at radius 2 is 0.636 bits per heavy atom. The van der Waals surface area contributed by atoms with Crippen molar-refractivity contribution in [2.45, 2.75) is 13.8 Å². The van der Waals surface area contributed by atoms with Crippen LogP contribution in [0.25, 0.3) is 21.5 Å². The van der Waals surface area contributed by atoms with Gasteiger partial charge in [-0.05, 0) is 33.7 Å². The molecule has 0 saturated carbocycles. The van der Waals surface area contributed by atoms with Crippen LogP contribution in [0, 0.1) is 29.7 Å². The summed E-state index contributed by atoms with van der Waals surface area (Å²) in [6, 6.07) is 21.4. The molecular weight excluding hydrogens is 608 g/mol. The van der Waals surface area contributed by atoms with Gasteiger partial charge < -0.3 is 29.7 Å². The van der Waals surface area contributed by atoms with Crippen molar-refractivity contribution >= 4 is 21.5 Å². The van der Waals surface area contributed by atoms with E-state index in [1.54, 1.807) is 0 Å². The van der Waals surface area contributed by atoms with Gasteiger partial charge in [0.2, 0.25) is 0 Å². The maximum absolute atomic E-state index is 2.24. The van der Waals surface area contributed by atoms with Crippen molar-refractivity contribution in [3.8, 4) is 0 Å². The second kappa shape index (κ2) is 16.9. The summed E-state index contributed by atoms with van der Waals surface area (Å²) in [6.07, 6.45) is 0. The van der Waals surface area contributed by atoms with E-state index in [0.29, 0.717) is 0 Å². The van der Waals surface area contributed by atoms with Crippen LogP contribution in [0.5, 0.6) is 0 Å². The van der Waals surface area contributed by atoms with E-state index in [4.69, 9.17) is 0 Å². The van der Waals surface area contributed by atoms with Gasteiger partial charge in [-0.15, -0.1) is 0 Å². The first-order valence-corrected chi connectivity index (χ1v) is 5.81. The fourth-order valence-corrected chi connectivity index (χ4v) is 1.88. The van der Waals surface area contributed by atoms with Gasteiger partial charge in [-0.3, -0.25) is 0 Å². The van der Waals surface area contributed by atoms with Crippen LogP contribution in [0.1, 0.15) is 13.8 Å². The Labute approximate surface area is 167 Å². The Morgan fingerprint density at radius 1 is 0.455 bits per heavy atom. The molecule has 3 aromatic carbocycles. The molecule has 0 heterocycles. The van der Waals surface area contributed by atoms with Crippen molar-refractivity contribution in [2.75, 3.05) is 0 Å². The summed E-state index contributed by atoms with van der Waals surface area (Å²) in [7, 11) is 0. The molecule has 0 aromatic heterocycles. The number of hydrogen-bond acceptors (Lipinski definition) is 0. The van der Waals surface area contributed by atoms with Crippen LogP contribution in [0.4, 0.5) is 0 Å². The van der Waals surface area contributed by atoms with Gasteiger partial charge in [-0.1, -0.05) is 62.4 Å². The zero-order chi connectivity index (χ0) is 11.4. The molecule has 0 nitrogen and oxygen atoms in total. The van der Waals surface area contributed by atoms with Crippen LogP contribution < -0.4 is 0 Å². The van der Waals surface area contributed by atoms with Gasteiger partial charge >= 0.3 is 42.1 Å². The standard InChI is InChI=1S/C14H10.C2H6.4CH3.2W/c1-2-6-12-10-14-8-4-3-7-13(14)9-11(12)5-1;1-2;;;;;;/h1-10H;1-2H3;4*1H3;;/q;;4*-1;2*+2. The molecule has 120 valence electrons. The molecule has 3 rings (SSSR count). The van der Waals surface area contributed by atoms with Crippen LogP contribution >= 0.6 is 0 Å². The number of benzene rings is 3. The van der Waals surface area contributed by atoms with E-state index in [0.717, 1.165) is 0 Å². The van der Waals surface area contributed by atoms with Crippen molar-refractivity contribution in [3.05, 3.63) is 90.4 Å². The van der Waals surface area contributed by atoms with Gasteiger partial charge in [0, 0.05) is 0 Å². The van der Waals surface area contributed by atoms with Gasteiger partial charge in [0.1, 0.15) is 0 Å². The Bertz CT molecular complexity index is 498. The summed E-state index contributed by atoms with van der Waals surface area (Å²) < 4.78 is 0. The molecule has 0 N–H and O–H groups in total. The number of hydrogen-bond donors (Lipinski definition) is 0. The predicted molar refractivity (Wildman–Crippen MR) is 98.5 cm³/mol. The largest absolute Gasteiger partial charge is 2.00 e. The number of rotatable bonds is 0. The van der Waals surface area contributed by atoms with Gasteiger partial charge in [0.15, 0.2) is 0 Å². The summed E-state index contributed by atoms with van der Waals surface area (Å²) in [5.74, 6) is 0. The minimum absolute atomic E-state index is 0. The van der Waals surface area contributed by atoms with Crippen LogP contribution in [0.3, 0.4) is 0 Å². The minimum atomic E-state index is 0. The molecule has 0 bridgehead atoms. The molecule has 0 radical (unpaired) electrons. The van der Waals surface area contributed by atoms with Crippen LogP contribution in [-0.2, 0) is 42.1 Å². The maximum atomic E-state index is 2.24. The quantitative estimate of drug-likeness (QED) is 0.188. The molecule has 0 unspecified atom stereocenters. The van der Waals surface area contributed by atoms with Gasteiger partial charge in [-0.25, -0.2) is 0 Å². The summed E-state index contributed by atoms with van der Waals surface area (Å²) in [5, 5.41) is 5.25. The molecule has 0 amide bonds. The molecule has 22 heavy (non-hydrogen) atoms. The number of fused-ring (bicyclic) bond motifs is 2. The van der Waals surface area contributed by atoms with E-state index in [1.807, 2.05) is 13.8 Å². The molecule has 0 aliphatic carbocycles. The van der Waals surface area contributed by atoms with Crippen LogP contribution in [0.2, 0.25) is 0 Å². The van der Waals surface area contributed by atoms with E-state index in [2.05, 4.69) is 60.7 Å². The molecular formula is C20H28W2. The summed E-state index contributed by atoms with van der Waals surface area (Å²) in [6.45, 7) is 4.00. The summed E-state index contributed by atoms with van der Waals surface area (Å²) in [4.78, 5) is 0. The van der Waals surface area contributed by atoms with Gasteiger partial charge in [-0.2, -0.15) is 0 Å². The third kappa shape index (κ3) is 7.71. The second-order valence-electron chi connectivity index (χ2n) is 3.55. The first-order chi connectivity index (χ1) is 7.93. The van der Waals surface area contributed by atoms with Gasteiger partial charge in [0.05, 0.1) is 0 Å². The molecule has 0 atom stereocenters. The molecule has 2 heteroatoms. The third-order valence-corrected chi connectivity index (χ3v) is 2.61. The Morgan fingerprint density at radius 3 is 0.818 bits per heavy atom. The smallest absolute Gasteiger partial charge is 0.358 e. The van der Waals surface area contributed by atoms with E-state index in [-0.39, 0.29) is 71.8 Å². The topological polar surface area (TPSA) is 0 Å². The fourth-order valence-electron chi connectivity index (χ4n) is 1.88. The average Bonchev–Trinajstić information content (AvgIpc) is 2.38. The minimum Gasteiger partial charge on any atom is -0.358 e.